The van der Waals surface area contributed by atoms with Crippen molar-refractivity contribution < 1.29 is 9.90 Å². The number of urea groups is 1. The third kappa shape index (κ3) is 4.25. The van der Waals surface area contributed by atoms with Gasteiger partial charge in [-0.15, -0.1) is 0 Å². The van der Waals surface area contributed by atoms with Crippen LogP contribution in [-0.4, -0.2) is 30.3 Å². The largest absolute Gasteiger partial charge is 0.396 e. The molecule has 0 radical (unpaired) electrons. The third-order valence-electron chi connectivity index (χ3n) is 3.36. The fourth-order valence-corrected chi connectivity index (χ4v) is 2.48. The van der Waals surface area contributed by atoms with Crippen LogP contribution in [0.2, 0.25) is 5.02 Å². The summed E-state index contributed by atoms with van der Waals surface area (Å²) in [5, 5.41) is 15.4. The highest BCUT2D eigenvalue weighted by molar-refractivity contribution is 6.31. The first-order valence-corrected chi connectivity index (χ1v) is 7.14. The van der Waals surface area contributed by atoms with Gasteiger partial charge in [-0.2, -0.15) is 0 Å². The first kappa shape index (κ1) is 14.9. The SMILES string of the molecule is O=C(NCCc1ccccc1Cl)N[C@@H]1C=C[C@H](CO)C1. The van der Waals surface area contributed by atoms with Gasteiger partial charge in [0.05, 0.1) is 0 Å². The number of aliphatic hydroxyl groups excluding tert-OH is 1. The molecule has 1 aliphatic carbocycles. The highest BCUT2D eigenvalue weighted by atomic mass is 35.5. The Hall–Kier alpha value is -1.52. The first-order chi connectivity index (χ1) is 9.69. The molecule has 2 atom stereocenters. The number of rotatable bonds is 5. The second-order valence-corrected chi connectivity index (χ2v) is 5.32. The molecule has 0 fully saturated rings. The average Bonchev–Trinajstić information content (AvgIpc) is 2.88. The predicted octanol–water partition coefficient (Wildman–Crippen LogP) is 2.12. The predicted molar refractivity (Wildman–Crippen MR) is 79.8 cm³/mol. The number of benzene rings is 1. The fourth-order valence-electron chi connectivity index (χ4n) is 2.25. The van der Waals surface area contributed by atoms with E-state index in [1.807, 2.05) is 36.4 Å². The van der Waals surface area contributed by atoms with Crippen LogP contribution in [0.1, 0.15) is 12.0 Å². The smallest absolute Gasteiger partial charge is 0.315 e. The quantitative estimate of drug-likeness (QED) is 0.729. The van der Waals surface area contributed by atoms with E-state index in [1.165, 1.54) is 0 Å². The third-order valence-corrected chi connectivity index (χ3v) is 3.73. The topological polar surface area (TPSA) is 61.4 Å². The molecular weight excluding hydrogens is 276 g/mol. The molecule has 1 aromatic carbocycles. The van der Waals surface area contributed by atoms with E-state index in [0.717, 1.165) is 17.0 Å². The second kappa shape index (κ2) is 7.31. The number of amides is 2. The van der Waals surface area contributed by atoms with E-state index in [0.29, 0.717) is 13.0 Å². The summed E-state index contributed by atoms with van der Waals surface area (Å²) in [5.74, 6) is 0.156. The van der Waals surface area contributed by atoms with Crippen LogP contribution >= 0.6 is 11.6 Å². The van der Waals surface area contributed by atoms with Gasteiger partial charge in [-0.25, -0.2) is 4.79 Å². The van der Waals surface area contributed by atoms with E-state index in [9.17, 15) is 4.79 Å². The summed E-state index contributed by atoms with van der Waals surface area (Å²) in [7, 11) is 0. The zero-order valence-corrected chi connectivity index (χ0v) is 11.9. The van der Waals surface area contributed by atoms with Gasteiger partial charge in [-0.1, -0.05) is 42.0 Å². The first-order valence-electron chi connectivity index (χ1n) is 6.76. The zero-order valence-electron chi connectivity index (χ0n) is 11.2. The van der Waals surface area contributed by atoms with Crippen LogP contribution in [-0.2, 0) is 6.42 Å². The molecule has 20 heavy (non-hydrogen) atoms. The normalized spacial score (nSPS) is 20.9. The molecule has 1 aromatic rings. The summed E-state index contributed by atoms with van der Waals surface area (Å²) in [6.07, 6.45) is 5.32. The van der Waals surface area contributed by atoms with Crippen LogP contribution in [0.4, 0.5) is 4.79 Å². The van der Waals surface area contributed by atoms with Crippen LogP contribution in [0, 0.1) is 5.92 Å². The maximum Gasteiger partial charge on any atom is 0.315 e. The molecule has 0 bridgehead atoms. The number of halogens is 1. The van der Waals surface area contributed by atoms with Crippen molar-refractivity contribution in [3.63, 3.8) is 0 Å². The van der Waals surface area contributed by atoms with Gasteiger partial charge in [-0.05, 0) is 24.5 Å². The molecule has 0 saturated heterocycles. The summed E-state index contributed by atoms with van der Waals surface area (Å²) < 4.78 is 0. The molecule has 0 saturated carbocycles. The minimum atomic E-state index is -0.190. The van der Waals surface area contributed by atoms with Crippen LogP contribution in [0.25, 0.3) is 0 Å². The second-order valence-electron chi connectivity index (χ2n) is 4.91. The maximum atomic E-state index is 11.7. The van der Waals surface area contributed by atoms with E-state index in [1.54, 1.807) is 0 Å². The summed E-state index contributed by atoms with van der Waals surface area (Å²) >= 11 is 6.05. The maximum absolute atomic E-state index is 11.7. The van der Waals surface area contributed by atoms with E-state index < -0.39 is 0 Å². The molecule has 0 heterocycles. The van der Waals surface area contributed by atoms with Crippen molar-refractivity contribution in [3.05, 3.63) is 47.0 Å². The molecule has 0 spiro atoms. The van der Waals surface area contributed by atoms with Crippen molar-refractivity contribution in [2.75, 3.05) is 13.2 Å². The van der Waals surface area contributed by atoms with E-state index >= 15 is 0 Å². The van der Waals surface area contributed by atoms with Crippen LogP contribution in [0.3, 0.4) is 0 Å². The molecule has 2 rings (SSSR count). The summed E-state index contributed by atoms with van der Waals surface area (Å²) in [6, 6.07) is 7.43. The molecule has 0 unspecified atom stereocenters. The Morgan fingerprint density at radius 2 is 2.15 bits per heavy atom. The standard InChI is InChI=1S/C15H19ClN2O2/c16-14-4-2-1-3-12(14)7-8-17-15(20)18-13-6-5-11(9-13)10-19/h1-6,11,13,19H,7-10H2,(H2,17,18,20)/t11-,13+/m0/s1. The van der Waals surface area contributed by atoms with Crippen LogP contribution in [0.5, 0.6) is 0 Å². The Labute approximate surface area is 123 Å². The van der Waals surface area contributed by atoms with Gasteiger partial charge in [0.1, 0.15) is 0 Å². The van der Waals surface area contributed by atoms with E-state index in [4.69, 9.17) is 16.7 Å². The summed E-state index contributed by atoms with van der Waals surface area (Å²) in [4.78, 5) is 11.7. The lowest BCUT2D eigenvalue weighted by molar-refractivity contribution is 0.231. The molecule has 0 aliphatic heterocycles. The van der Waals surface area contributed by atoms with Crippen molar-refractivity contribution in [1.29, 1.82) is 0 Å². The van der Waals surface area contributed by atoms with Crippen LogP contribution in [0.15, 0.2) is 36.4 Å². The van der Waals surface area contributed by atoms with Crippen molar-refractivity contribution >= 4 is 17.6 Å². The molecular formula is C15H19ClN2O2. The summed E-state index contributed by atoms with van der Waals surface area (Å²) in [6.45, 7) is 0.665. The molecule has 3 N–H and O–H groups in total. The Kier molecular flexibility index (Phi) is 5.44. The Morgan fingerprint density at radius 3 is 2.85 bits per heavy atom. The van der Waals surface area contributed by atoms with Gasteiger partial charge in [0.2, 0.25) is 0 Å². The lowest BCUT2D eigenvalue weighted by Gasteiger charge is -2.13. The Morgan fingerprint density at radius 1 is 1.35 bits per heavy atom. The van der Waals surface area contributed by atoms with Gasteiger partial charge in [0.15, 0.2) is 0 Å². The Balaban J connectivity index is 1.69. The molecule has 2 amide bonds. The number of carbonyl (C=O) groups is 1. The number of hydrogen-bond donors (Lipinski definition) is 3. The highest BCUT2D eigenvalue weighted by Crippen LogP contribution is 2.17. The van der Waals surface area contributed by atoms with Gasteiger partial charge in [-0.3, -0.25) is 0 Å². The van der Waals surface area contributed by atoms with Crippen molar-refractivity contribution in [3.8, 4) is 0 Å². The van der Waals surface area contributed by atoms with Crippen molar-refractivity contribution in [1.82, 2.24) is 10.6 Å². The highest BCUT2D eigenvalue weighted by Gasteiger charge is 2.19. The number of hydrogen-bond acceptors (Lipinski definition) is 2. The molecule has 4 nitrogen and oxygen atoms in total. The van der Waals surface area contributed by atoms with Gasteiger partial charge >= 0.3 is 6.03 Å². The van der Waals surface area contributed by atoms with Gasteiger partial charge < -0.3 is 15.7 Å². The van der Waals surface area contributed by atoms with Crippen molar-refractivity contribution in [2.45, 2.75) is 18.9 Å². The Bertz CT molecular complexity index is 491. The van der Waals surface area contributed by atoms with Gasteiger partial charge in [0.25, 0.3) is 0 Å². The fraction of sp³-hybridized carbons (Fsp3) is 0.400. The molecule has 0 aromatic heterocycles. The minimum Gasteiger partial charge on any atom is -0.396 e. The van der Waals surface area contributed by atoms with Gasteiger partial charge in [0, 0.05) is 30.1 Å². The molecule has 5 heteroatoms. The summed E-state index contributed by atoms with van der Waals surface area (Å²) in [5.41, 5.74) is 1.02. The van der Waals surface area contributed by atoms with Crippen molar-refractivity contribution in [2.24, 2.45) is 5.92 Å². The minimum absolute atomic E-state index is 0.00691. The molecule has 1 aliphatic rings. The molecule has 108 valence electrons. The lowest BCUT2D eigenvalue weighted by Crippen LogP contribution is -2.41. The number of nitrogens with one attached hydrogen (secondary N) is 2. The lowest BCUT2D eigenvalue weighted by atomic mass is 10.1. The van der Waals surface area contributed by atoms with E-state index in [2.05, 4.69) is 10.6 Å². The number of aliphatic hydroxyl groups is 1. The average molecular weight is 295 g/mol. The number of carbonyl (C=O) groups excluding carboxylic acids is 1. The monoisotopic (exact) mass is 294 g/mol. The van der Waals surface area contributed by atoms with E-state index in [-0.39, 0.29) is 24.6 Å². The van der Waals surface area contributed by atoms with Crippen LogP contribution < -0.4 is 10.6 Å². The zero-order chi connectivity index (χ0) is 14.4.